The minimum atomic E-state index is -0.910. The lowest BCUT2D eigenvalue weighted by atomic mass is 10.1. The van der Waals surface area contributed by atoms with E-state index in [-0.39, 0.29) is 30.0 Å². The average Bonchev–Trinajstić information content (AvgIpc) is 2.29. The molecule has 0 radical (unpaired) electrons. The topological polar surface area (TPSA) is 88.4 Å². The number of carboxylic acids is 1. The molecule has 1 unspecified atom stereocenters. The molecule has 0 saturated carbocycles. The Morgan fingerprint density at radius 2 is 2.17 bits per heavy atom. The Balaban J connectivity index is 2.64. The highest BCUT2D eigenvalue weighted by atomic mass is 16.4. The number of carbonyl (C=O) groups is 2. The Labute approximate surface area is 104 Å². The number of aliphatic carboxylic acids is 1. The standard InChI is InChI=1S/C12H16N2O4/c1-8(6-10(15)16)7-13-11(17)9-4-3-5-14(2)12(9)18/h3-5,8H,6-7H2,1-2H3,(H,13,17)(H,15,16). The summed E-state index contributed by atoms with van der Waals surface area (Å²) in [6, 6.07) is 3.05. The Hall–Kier alpha value is -2.11. The summed E-state index contributed by atoms with van der Waals surface area (Å²) in [5.74, 6) is -1.57. The van der Waals surface area contributed by atoms with E-state index in [1.54, 1.807) is 26.2 Å². The Morgan fingerprint density at radius 1 is 1.50 bits per heavy atom. The Bertz CT molecular complexity index is 507. The zero-order valence-corrected chi connectivity index (χ0v) is 10.3. The second kappa shape index (κ2) is 6.00. The van der Waals surface area contributed by atoms with E-state index in [9.17, 15) is 14.4 Å². The van der Waals surface area contributed by atoms with Crippen LogP contribution in [-0.4, -0.2) is 28.1 Å². The molecule has 0 aliphatic rings. The summed E-state index contributed by atoms with van der Waals surface area (Å²) in [6.07, 6.45) is 1.54. The van der Waals surface area contributed by atoms with E-state index in [0.29, 0.717) is 0 Å². The molecule has 0 saturated heterocycles. The van der Waals surface area contributed by atoms with Gasteiger partial charge in [-0.1, -0.05) is 6.92 Å². The van der Waals surface area contributed by atoms with Crippen molar-refractivity contribution in [3.63, 3.8) is 0 Å². The van der Waals surface area contributed by atoms with Crippen LogP contribution in [0.4, 0.5) is 0 Å². The smallest absolute Gasteiger partial charge is 0.303 e. The fourth-order valence-corrected chi connectivity index (χ4v) is 1.50. The van der Waals surface area contributed by atoms with Gasteiger partial charge in [0.2, 0.25) is 0 Å². The predicted molar refractivity (Wildman–Crippen MR) is 65.4 cm³/mol. The highest BCUT2D eigenvalue weighted by molar-refractivity contribution is 5.93. The molecule has 98 valence electrons. The molecule has 0 aliphatic heterocycles. The zero-order valence-electron chi connectivity index (χ0n) is 10.3. The van der Waals surface area contributed by atoms with E-state index in [1.165, 1.54) is 10.6 Å². The van der Waals surface area contributed by atoms with Gasteiger partial charge in [-0.3, -0.25) is 14.4 Å². The van der Waals surface area contributed by atoms with Crippen molar-refractivity contribution in [2.24, 2.45) is 13.0 Å². The summed E-state index contributed by atoms with van der Waals surface area (Å²) in [6.45, 7) is 1.95. The number of pyridine rings is 1. The highest BCUT2D eigenvalue weighted by Gasteiger charge is 2.13. The monoisotopic (exact) mass is 252 g/mol. The van der Waals surface area contributed by atoms with Gasteiger partial charge in [-0.15, -0.1) is 0 Å². The summed E-state index contributed by atoms with van der Waals surface area (Å²) in [7, 11) is 1.56. The number of hydrogen-bond acceptors (Lipinski definition) is 3. The van der Waals surface area contributed by atoms with Crippen LogP contribution in [0.25, 0.3) is 0 Å². The molecule has 1 heterocycles. The predicted octanol–water partition coefficient (Wildman–Crippen LogP) is 0.226. The normalized spacial score (nSPS) is 11.9. The summed E-state index contributed by atoms with van der Waals surface area (Å²) >= 11 is 0. The van der Waals surface area contributed by atoms with Crippen molar-refractivity contribution in [3.8, 4) is 0 Å². The third-order valence-corrected chi connectivity index (χ3v) is 2.50. The molecule has 0 spiro atoms. The van der Waals surface area contributed by atoms with Gasteiger partial charge in [-0.25, -0.2) is 0 Å². The molecule has 1 aromatic rings. The molecule has 6 nitrogen and oxygen atoms in total. The van der Waals surface area contributed by atoms with E-state index in [2.05, 4.69) is 5.32 Å². The summed E-state index contributed by atoms with van der Waals surface area (Å²) in [4.78, 5) is 33.8. The van der Waals surface area contributed by atoms with Crippen molar-refractivity contribution in [1.82, 2.24) is 9.88 Å². The zero-order chi connectivity index (χ0) is 13.7. The van der Waals surface area contributed by atoms with Gasteiger partial charge < -0.3 is 15.0 Å². The number of carboxylic acid groups (broad SMARTS) is 1. The van der Waals surface area contributed by atoms with E-state index < -0.39 is 11.9 Å². The van der Waals surface area contributed by atoms with E-state index in [0.717, 1.165) is 0 Å². The molecule has 1 amide bonds. The van der Waals surface area contributed by atoms with Crippen molar-refractivity contribution < 1.29 is 14.7 Å². The molecule has 0 aromatic carbocycles. The number of hydrogen-bond donors (Lipinski definition) is 2. The maximum atomic E-state index is 11.7. The van der Waals surface area contributed by atoms with Gasteiger partial charge in [-0.05, 0) is 18.1 Å². The third kappa shape index (κ3) is 3.73. The lowest BCUT2D eigenvalue weighted by molar-refractivity contribution is -0.137. The van der Waals surface area contributed by atoms with Crippen LogP contribution in [0.2, 0.25) is 0 Å². The Morgan fingerprint density at radius 3 is 2.78 bits per heavy atom. The first-order valence-corrected chi connectivity index (χ1v) is 5.57. The van der Waals surface area contributed by atoms with Crippen molar-refractivity contribution in [2.75, 3.05) is 6.54 Å². The van der Waals surface area contributed by atoms with Crippen LogP contribution in [0.1, 0.15) is 23.7 Å². The second-order valence-corrected chi connectivity index (χ2v) is 4.25. The van der Waals surface area contributed by atoms with Crippen LogP contribution >= 0.6 is 0 Å². The van der Waals surface area contributed by atoms with Gasteiger partial charge >= 0.3 is 5.97 Å². The van der Waals surface area contributed by atoms with Crippen LogP contribution in [0.5, 0.6) is 0 Å². The number of carbonyl (C=O) groups excluding carboxylic acids is 1. The summed E-state index contributed by atoms with van der Waals surface area (Å²) in [5.41, 5.74) is -0.316. The quantitative estimate of drug-likeness (QED) is 0.785. The molecule has 0 fully saturated rings. The van der Waals surface area contributed by atoms with Gasteiger partial charge in [0.25, 0.3) is 11.5 Å². The first-order chi connectivity index (χ1) is 8.41. The first-order valence-electron chi connectivity index (χ1n) is 5.57. The van der Waals surface area contributed by atoms with E-state index >= 15 is 0 Å². The van der Waals surface area contributed by atoms with E-state index in [4.69, 9.17) is 5.11 Å². The molecule has 1 rings (SSSR count). The number of nitrogens with zero attached hydrogens (tertiary/aromatic N) is 1. The molecule has 1 atom stereocenters. The number of rotatable bonds is 5. The number of aromatic nitrogens is 1. The molecule has 0 bridgehead atoms. The molecule has 18 heavy (non-hydrogen) atoms. The number of amides is 1. The lowest BCUT2D eigenvalue weighted by Gasteiger charge is -2.10. The van der Waals surface area contributed by atoms with E-state index in [1.807, 2.05) is 0 Å². The van der Waals surface area contributed by atoms with Crippen LogP contribution < -0.4 is 10.9 Å². The maximum absolute atomic E-state index is 11.7. The van der Waals surface area contributed by atoms with Gasteiger partial charge in [-0.2, -0.15) is 0 Å². The largest absolute Gasteiger partial charge is 0.481 e. The summed E-state index contributed by atoms with van der Waals surface area (Å²) < 4.78 is 1.32. The molecule has 1 aromatic heterocycles. The maximum Gasteiger partial charge on any atom is 0.303 e. The highest BCUT2D eigenvalue weighted by Crippen LogP contribution is 2.00. The van der Waals surface area contributed by atoms with Crippen molar-refractivity contribution in [3.05, 3.63) is 34.2 Å². The van der Waals surface area contributed by atoms with Gasteiger partial charge in [0, 0.05) is 26.2 Å². The lowest BCUT2D eigenvalue weighted by Crippen LogP contribution is -2.34. The van der Waals surface area contributed by atoms with Crippen LogP contribution in [0.15, 0.2) is 23.1 Å². The van der Waals surface area contributed by atoms with Crippen molar-refractivity contribution in [1.29, 1.82) is 0 Å². The summed E-state index contributed by atoms with van der Waals surface area (Å²) in [5, 5.41) is 11.1. The van der Waals surface area contributed by atoms with Gasteiger partial charge in [0.1, 0.15) is 5.56 Å². The molecular formula is C12H16N2O4. The van der Waals surface area contributed by atoms with Crippen molar-refractivity contribution >= 4 is 11.9 Å². The first kappa shape index (κ1) is 14.0. The van der Waals surface area contributed by atoms with Crippen LogP contribution in [0.3, 0.4) is 0 Å². The van der Waals surface area contributed by atoms with Crippen molar-refractivity contribution in [2.45, 2.75) is 13.3 Å². The second-order valence-electron chi connectivity index (χ2n) is 4.25. The number of nitrogens with one attached hydrogen (secondary N) is 1. The van der Waals surface area contributed by atoms with Gasteiger partial charge in [0.05, 0.1) is 0 Å². The molecular weight excluding hydrogens is 236 g/mol. The third-order valence-electron chi connectivity index (χ3n) is 2.50. The molecule has 6 heteroatoms. The Kier molecular flexibility index (Phi) is 4.65. The van der Waals surface area contributed by atoms with Gasteiger partial charge in [0.15, 0.2) is 0 Å². The SMILES string of the molecule is CC(CNC(=O)c1cccn(C)c1=O)CC(=O)O. The molecule has 0 aliphatic carbocycles. The van der Waals surface area contributed by atoms with Crippen LogP contribution in [0, 0.1) is 5.92 Å². The van der Waals surface area contributed by atoms with Crippen LogP contribution in [-0.2, 0) is 11.8 Å². The average molecular weight is 252 g/mol. The minimum Gasteiger partial charge on any atom is -0.481 e. The minimum absolute atomic E-state index is 0.0208. The number of aryl methyl sites for hydroxylation is 1. The fraction of sp³-hybridized carbons (Fsp3) is 0.417. The fourth-order valence-electron chi connectivity index (χ4n) is 1.50. The molecule has 2 N–H and O–H groups in total.